The van der Waals surface area contributed by atoms with E-state index in [1.807, 2.05) is 0 Å². The Labute approximate surface area is 57.8 Å². The highest BCUT2D eigenvalue weighted by Gasteiger charge is 2.11. The minimum absolute atomic E-state index is 0.202. The predicted octanol–water partition coefficient (Wildman–Crippen LogP) is 1.46. The van der Waals surface area contributed by atoms with Crippen LogP contribution in [-0.4, -0.2) is 13.8 Å². The van der Waals surface area contributed by atoms with Gasteiger partial charge in [0.15, 0.2) is 0 Å². The van der Waals surface area contributed by atoms with Gasteiger partial charge in [-0.2, -0.15) is 11.1 Å². The zero-order chi connectivity index (χ0) is 6.78. The van der Waals surface area contributed by atoms with Gasteiger partial charge in [0.25, 0.3) is 0 Å². The topological polar surface area (TPSA) is 12.0 Å². The van der Waals surface area contributed by atoms with E-state index >= 15 is 0 Å². The number of halogens is 1. The quantitative estimate of drug-likeness (QED) is 0.442. The second-order valence-electron chi connectivity index (χ2n) is 3.01. The van der Waals surface area contributed by atoms with E-state index in [9.17, 15) is 0 Å². The van der Waals surface area contributed by atoms with Crippen molar-refractivity contribution in [2.45, 2.75) is 32.9 Å². The van der Waals surface area contributed by atoms with E-state index in [0.29, 0.717) is 0 Å². The van der Waals surface area contributed by atoms with E-state index in [0.717, 1.165) is 0 Å². The minimum Gasteiger partial charge on any atom is -0.323 e. The third-order valence-corrected chi connectivity index (χ3v) is 2.22. The van der Waals surface area contributed by atoms with Crippen molar-refractivity contribution in [2.24, 2.45) is 0 Å². The summed E-state index contributed by atoms with van der Waals surface area (Å²) >= 11 is 5.79. The molecule has 0 fully saturated rings. The summed E-state index contributed by atoms with van der Waals surface area (Å²) in [6.07, 6.45) is 0. The normalized spacial score (nSPS) is 16.1. The largest absolute Gasteiger partial charge is 0.323 e. The first-order valence-corrected chi connectivity index (χ1v) is 6.31. The Morgan fingerprint density at radius 3 is 1.75 bits per heavy atom. The van der Waals surface area contributed by atoms with Gasteiger partial charge >= 0.3 is 0 Å². The van der Waals surface area contributed by atoms with Crippen molar-refractivity contribution in [3.05, 3.63) is 0 Å². The smallest absolute Gasteiger partial charge is 0.208 e. The van der Waals surface area contributed by atoms with Crippen LogP contribution in [0.5, 0.6) is 0 Å². The van der Waals surface area contributed by atoms with Gasteiger partial charge in [0, 0.05) is 5.54 Å². The van der Waals surface area contributed by atoms with E-state index in [1.54, 1.807) is 0 Å². The lowest BCUT2D eigenvalue weighted by Gasteiger charge is -2.21. The highest BCUT2D eigenvalue weighted by atomic mass is 35.6. The molecule has 0 heterocycles. The fraction of sp³-hybridized carbons (Fsp3) is 1.00. The van der Waals surface area contributed by atoms with Crippen LogP contribution in [0.25, 0.3) is 0 Å². The van der Waals surface area contributed by atoms with Crippen LogP contribution in [0.1, 0.15) is 20.8 Å². The molecule has 0 saturated heterocycles. The lowest BCUT2D eigenvalue weighted by Crippen LogP contribution is -2.42. The average Bonchev–Trinajstić information content (AvgIpc) is 1.21. The molecular weight excluding hydrogens is 138 g/mol. The highest BCUT2D eigenvalue weighted by molar-refractivity contribution is 7.04. The molecule has 0 amide bonds. The summed E-state index contributed by atoms with van der Waals surface area (Å²) in [6.45, 7) is 8.43. The second-order valence-corrected chi connectivity index (χ2v) is 6.49. The van der Waals surface area contributed by atoms with E-state index < -0.39 is 8.27 Å². The predicted molar refractivity (Wildman–Crippen MR) is 41.8 cm³/mol. The van der Waals surface area contributed by atoms with Gasteiger partial charge in [-0.1, -0.05) is 0 Å². The first-order chi connectivity index (χ1) is 3.42. The Bertz CT molecular complexity index is 67.3. The van der Waals surface area contributed by atoms with Gasteiger partial charge in [0.2, 0.25) is 8.27 Å². The number of hydrogen-bond donors (Lipinski definition) is 1. The summed E-state index contributed by atoms with van der Waals surface area (Å²) in [7, 11) is -1.07. The van der Waals surface area contributed by atoms with Crippen LogP contribution in [0.3, 0.4) is 0 Å². The molecule has 0 aromatic rings. The second kappa shape index (κ2) is 2.85. The van der Waals surface area contributed by atoms with Crippen LogP contribution in [0.2, 0.25) is 6.55 Å². The Morgan fingerprint density at radius 2 is 1.75 bits per heavy atom. The van der Waals surface area contributed by atoms with Crippen LogP contribution in [0, 0.1) is 0 Å². The summed E-state index contributed by atoms with van der Waals surface area (Å²) in [5, 5.41) is 0. The Kier molecular flexibility index (Phi) is 3.02. The molecule has 8 heavy (non-hydrogen) atoms. The van der Waals surface area contributed by atoms with Crippen LogP contribution in [0.15, 0.2) is 0 Å². The maximum absolute atomic E-state index is 5.79. The van der Waals surface area contributed by atoms with Gasteiger partial charge in [-0.3, -0.25) is 0 Å². The maximum Gasteiger partial charge on any atom is 0.208 e. The van der Waals surface area contributed by atoms with E-state index in [-0.39, 0.29) is 5.54 Å². The third-order valence-electron chi connectivity index (χ3n) is 0.632. The SMILES string of the molecule is C[SiH](Cl)NC(C)(C)C. The zero-order valence-electron chi connectivity index (χ0n) is 5.96. The molecule has 0 aliphatic carbocycles. The first-order valence-electron chi connectivity index (χ1n) is 2.83. The lowest BCUT2D eigenvalue weighted by atomic mass is 10.1. The molecule has 0 bridgehead atoms. The van der Waals surface area contributed by atoms with Gasteiger partial charge in [-0.15, -0.1) is 0 Å². The highest BCUT2D eigenvalue weighted by Crippen LogP contribution is 2.00. The zero-order valence-corrected chi connectivity index (χ0v) is 7.87. The molecule has 0 aliphatic rings. The molecule has 1 atom stereocenters. The fourth-order valence-corrected chi connectivity index (χ4v) is 2.77. The molecule has 1 unspecified atom stereocenters. The van der Waals surface area contributed by atoms with E-state index in [2.05, 4.69) is 32.3 Å². The molecule has 3 heteroatoms. The van der Waals surface area contributed by atoms with Crippen LogP contribution < -0.4 is 4.98 Å². The molecular formula is C5H14ClNSi. The van der Waals surface area contributed by atoms with Crippen molar-refractivity contribution in [1.29, 1.82) is 0 Å². The van der Waals surface area contributed by atoms with Gasteiger partial charge < -0.3 is 4.98 Å². The van der Waals surface area contributed by atoms with Crippen LogP contribution >= 0.6 is 11.1 Å². The summed E-state index contributed by atoms with van der Waals surface area (Å²) in [5.41, 5.74) is 0.202. The molecule has 0 spiro atoms. The Balaban J connectivity index is 3.39. The molecule has 0 radical (unpaired) electrons. The van der Waals surface area contributed by atoms with Crippen molar-refractivity contribution in [3.8, 4) is 0 Å². The summed E-state index contributed by atoms with van der Waals surface area (Å²) in [4.78, 5) is 3.29. The van der Waals surface area contributed by atoms with Gasteiger partial charge in [0.05, 0.1) is 0 Å². The molecule has 1 nitrogen and oxygen atoms in total. The molecule has 0 saturated carbocycles. The van der Waals surface area contributed by atoms with E-state index in [1.165, 1.54) is 0 Å². The average molecular weight is 152 g/mol. The minimum atomic E-state index is -1.07. The van der Waals surface area contributed by atoms with Gasteiger partial charge in [0.1, 0.15) is 0 Å². The molecule has 0 aromatic carbocycles. The summed E-state index contributed by atoms with van der Waals surface area (Å²) < 4.78 is 0. The van der Waals surface area contributed by atoms with Gasteiger partial charge in [-0.05, 0) is 27.3 Å². The van der Waals surface area contributed by atoms with Crippen molar-refractivity contribution in [1.82, 2.24) is 4.98 Å². The molecule has 0 rings (SSSR count). The van der Waals surface area contributed by atoms with Gasteiger partial charge in [-0.25, -0.2) is 0 Å². The molecule has 1 N–H and O–H groups in total. The number of rotatable bonds is 1. The monoisotopic (exact) mass is 151 g/mol. The maximum atomic E-state index is 5.79. The Morgan fingerprint density at radius 1 is 1.38 bits per heavy atom. The third kappa shape index (κ3) is 6.47. The van der Waals surface area contributed by atoms with Crippen LogP contribution in [0.4, 0.5) is 0 Å². The first kappa shape index (κ1) is 8.47. The summed E-state index contributed by atoms with van der Waals surface area (Å²) in [5.74, 6) is 0. The summed E-state index contributed by atoms with van der Waals surface area (Å²) in [6, 6.07) is 0. The molecule has 0 aromatic heterocycles. The van der Waals surface area contributed by atoms with E-state index in [4.69, 9.17) is 11.1 Å². The lowest BCUT2D eigenvalue weighted by molar-refractivity contribution is 0.522. The van der Waals surface area contributed by atoms with Crippen molar-refractivity contribution in [2.75, 3.05) is 0 Å². The number of nitrogens with one attached hydrogen (secondary N) is 1. The fourth-order valence-electron chi connectivity index (χ4n) is 0.597. The van der Waals surface area contributed by atoms with Crippen LogP contribution in [-0.2, 0) is 0 Å². The van der Waals surface area contributed by atoms with Crippen molar-refractivity contribution < 1.29 is 0 Å². The van der Waals surface area contributed by atoms with Crippen molar-refractivity contribution in [3.63, 3.8) is 0 Å². The molecule has 0 aliphatic heterocycles. The molecule has 50 valence electrons. The van der Waals surface area contributed by atoms with Crippen molar-refractivity contribution >= 4 is 19.3 Å². The standard InChI is InChI=1S/C5H14ClNSi/c1-5(2,3)7-8(4)6/h7-8H,1-4H3. The number of hydrogen-bond acceptors (Lipinski definition) is 1. The Hall–Kier alpha value is 0.467.